The van der Waals surface area contributed by atoms with Crippen molar-refractivity contribution < 1.29 is 17.6 Å². The minimum absolute atomic E-state index is 0.00703. The first-order valence-electron chi connectivity index (χ1n) is 13.8. The van der Waals surface area contributed by atoms with E-state index in [1.165, 1.54) is 6.07 Å². The van der Waals surface area contributed by atoms with E-state index in [1.807, 2.05) is 46.8 Å². The van der Waals surface area contributed by atoms with Crippen LogP contribution in [-0.2, 0) is 10.8 Å². The van der Waals surface area contributed by atoms with E-state index in [4.69, 9.17) is 5.10 Å². The second-order valence-corrected chi connectivity index (χ2v) is 12.6. The van der Waals surface area contributed by atoms with Gasteiger partial charge in [0.25, 0.3) is 6.71 Å². The highest BCUT2D eigenvalue weighted by atomic mass is 19.2. The molecule has 0 fully saturated rings. The summed E-state index contributed by atoms with van der Waals surface area (Å²) >= 11 is 0. The van der Waals surface area contributed by atoms with Crippen LogP contribution in [-0.4, -0.2) is 16.5 Å². The molecule has 0 atom stereocenters. The number of hydrogen-bond acceptors (Lipinski definition) is 1. The first-order chi connectivity index (χ1) is 18.8. The van der Waals surface area contributed by atoms with Gasteiger partial charge < -0.3 is 0 Å². The Morgan fingerprint density at radius 2 is 1.35 bits per heavy atom. The molecule has 5 aromatic rings. The van der Waals surface area contributed by atoms with Gasteiger partial charge in [-0.2, -0.15) is 5.10 Å². The van der Waals surface area contributed by atoms with Gasteiger partial charge in [0.15, 0.2) is 23.3 Å². The molecular weight excluding hydrogens is 511 g/mol. The molecule has 3 heterocycles. The van der Waals surface area contributed by atoms with Crippen LogP contribution in [0.1, 0.15) is 66.6 Å². The molecule has 0 bridgehead atoms. The van der Waals surface area contributed by atoms with Gasteiger partial charge >= 0.3 is 0 Å². The Morgan fingerprint density at radius 1 is 0.700 bits per heavy atom. The van der Waals surface area contributed by atoms with Crippen molar-refractivity contribution >= 4 is 44.8 Å². The molecule has 0 radical (unpaired) electrons. The van der Waals surface area contributed by atoms with Crippen LogP contribution in [0.2, 0.25) is 0 Å². The van der Waals surface area contributed by atoms with Crippen LogP contribution in [0.4, 0.5) is 17.6 Å². The summed E-state index contributed by atoms with van der Waals surface area (Å²) in [5, 5.41) is 6.11. The molecule has 0 saturated heterocycles. The summed E-state index contributed by atoms with van der Waals surface area (Å²) in [6.07, 6.45) is 0. The van der Waals surface area contributed by atoms with Crippen LogP contribution >= 0.6 is 0 Å². The molecule has 2 aliphatic heterocycles. The van der Waals surface area contributed by atoms with Crippen LogP contribution in [0.5, 0.6) is 0 Å². The maximum Gasteiger partial charge on any atom is 0.256 e. The Kier molecular flexibility index (Phi) is 5.62. The van der Waals surface area contributed by atoms with Gasteiger partial charge in [-0.15, -0.1) is 0 Å². The zero-order valence-corrected chi connectivity index (χ0v) is 24.0. The highest BCUT2D eigenvalue weighted by molar-refractivity contribution is 7.01. The molecule has 0 spiro atoms. The summed E-state index contributed by atoms with van der Waals surface area (Å²) in [7, 11) is 0. The largest absolute Gasteiger partial charge is 0.256 e. The van der Waals surface area contributed by atoms with Crippen molar-refractivity contribution in [2.24, 2.45) is 0 Å². The third-order valence-corrected chi connectivity index (χ3v) is 8.12. The highest BCUT2D eigenvalue weighted by Gasteiger charge is 2.47. The number of halogens is 4. The molecule has 204 valence electrons. The average molecular weight is 542 g/mol. The SMILES string of the molecule is CC.CC(C)(C)c1cc2c3c(c1)-n1nc(C(C)(C)C)c4cc(F)c(F)c(c41)B3c1c(F)c(F)c3ccccc3c1-2. The molecule has 0 N–H and O–H groups in total. The van der Waals surface area contributed by atoms with Gasteiger partial charge in [0.1, 0.15) is 0 Å². The highest BCUT2D eigenvalue weighted by Crippen LogP contribution is 2.41. The Morgan fingerprint density at radius 3 is 1.98 bits per heavy atom. The first kappa shape index (κ1) is 26.6. The number of rotatable bonds is 0. The Balaban J connectivity index is 0.00000142. The van der Waals surface area contributed by atoms with Gasteiger partial charge in [-0.05, 0) is 56.0 Å². The van der Waals surface area contributed by atoms with Crippen LogP contribution in [0.25, 0.3) is 38.5 Å². The Bertz CT molecular complexity index is 1890. The Hall–Kier alpha value is -3.61. The van der Waals surface area contributed by atoms with Gasteiger partial charge in [-0.1, -0.05) is 85.7 Å². The van der Waals surface area contributed by atoms with E-state index in [0.717, 1.165) is 5.56 Å². The van der Waals surface area contributed by atoms with E-state index in [9.17, 15) is 0 Å². The summed E-state index contributed by atoms with van der Waals surface area (Å²) in [6.45, 7) is 15.2. The number of fused-ring (bicyclic) bond motifs is 7. The fourth-order valence-corrected chi connectivity index (χ4v) is 6.37. The molecule has 0 aliphatic carbocycles. The lowest BCUT2D eigenvalue weighted by Gasteiger charge is -2.27. The van der Waals surface area contributed by atoms with Crippen LogP contribution in [0, 0.1) is 23.3 Å². The van der Waals surface area contributed by atoms with Crippen molar-refractivity contribution in [2.45, 2.75) is 66.2 Å². The number of aromatic nitrogens is 2. The molecule has 1 aromatic heterocycles. The second-order valence-electron chi connectivity index (χ2n) is 12.6. The maximum atomic E-state index is 16.1. The van der Waals surface area contributed by atoms with Gasteiger partial charge in [-0.3, -0.25) is 0 Å². The fourth-order valence-electron chi connectivity index (χ4n) is 6.37. The van der Waals surface area contributed by atoms with Crippen LogP contribution in [0.3, 0.4) is 0 Å². The van der Waals surface area contributed by atoms with Crippen LogP contribution < -0.4 is 16.4 Å². The zero-order valence-electron chi connectivity index (χ0n) is 24.0. The normalized spacial score (nSPS) is 13.4. The van der Waals surface area contributed by atoms with E-state index in [0.29, 0.717) is 44.3 Å². The average Bonchev–Trinajstić information content (AvgIpc) is 3.46. The summed E-state index contributed by atoms with van der Waals surface area (Å²) in [5.74, 6) is -4.08. The zero-order chi connectivity index (χ0) is 29.0. The lowest BCUT2D eigenvalue weighted by molar-refractivity contribution is 0.515. The van der Waals surface area contributed by atoms with E-state index < -0.39 is 35.4 Å². The maximum absolute atomic E-state index is 16.1. The summed E-state index contributed by atoms with van der Waals surface area (Å²) in [6, 6.07) is 12.0. The molecule has 7 heteroatoms. The van der Waals surface area contributed by atoms with Crippen molar-refractivity contribution in [3.63, 3.8) is 0 Å². The third-order valence-electron chi connectivity index (χ3n) is 8.12. The lowest BCUT2D eigenvalue weighted by atomic mass is 9.37. The van der Waals surface area contributed by atoms with Gasteiger partial charge in [0.2, 0.25) is 0 Å². The van der Waals surface area contributed by atoms with Crippen molar-refractivity contribution in [3.8, 4) is 16.8 Å². The van der Waals surface area contributed by atoms with E-state index in [2.05, 4.69) is 20.8 Å². The standard InChI is InChI=1S/C31H25BF4N2.C2H6/c1-30(2,3)14-11-17-21-15-9-7-8-10-16(15)25(34)27(36)23(21)32-22(17)20(12-14)38-28-18(29(37-38)31(4,5)6)13-19(33)26(35)24(28)32;1-2/h7-13H,1-6H3;1-2H3. The number of hydrogen-bond donors (Lipinski definition) is 0. The van der Waals surface area contributed by atoms with Gasteiger partial charge in [0.05, 0.1) is 16.9 Å². The minimum Gasteiger partial charge on any atom is -0.234 e. The lowest BCUT2D eigenvalue weighted by Crippen LogP contribution is -2.56. The molecule has 0 saturated carbocycles. The monoisotopic (exact) mass is 542 g/mol. The van der Waals surface area contributed by atoms with Crippen molar-refractivity contribution in [3.05, 3.63) is 77.0 Å². The molecule has 40 heavy (non-hydrogen) atoms. The summed E-state index contributed by atoms with van der Waals surface area (Å²) < 4.78 is 64.5. The van der Waals surface area contributed by atoms with Crippen LogP contribution in [0.15, 0.2) is 42.5 Å². The number of nitrogens with zero attached hydrogens (tertiary/aromatic N) is 2. The van der Waals surface area contributed by atoms with Gasteiger partial charge in [-0.25, -0.2) is 22.2 Å². The minimum atomic E-state index is -1.05. The van der Waals surface area contributed by atoms with E-state index in [-0.39, 0.29) is 21.7 Å². The molecule has 0 amide bonds. The molecule has 7 rings (SSSR count). The number of benzene rings is 4. The van der Waals surface area contributed by atoms with E-state index >= 15 is 17.6 Å². The smallest absolute Gasteiger partial charge is 0.234 e. The predicted octanol–water partition coefficient (Wildman–Crippen LogP) is 7.17. The molecule has 0 unspecified atom stereocenters. The molecule has 2 nitrogen and oxygen atoms in total. The molecular formula is C33H31BF4N2. The van der Waals surface area contributed by atoms with E-state index in [1.54, 1.807) is 28.9 Å². The quantitative estimate of drug-likeness (QED) is 0.147. The Labute approximate surface area is 232 Å². The molecule has 2 aliphatic rings. The van der Waals surface area contributed by atoms with Crippen molar-refractivity contribution in [1.29, 1.82) is 0 Å². The topological polar surface area (TPSA) is 17.8 Å². The second kappa shape index (κ2) is 8.45. The first-order valence-corrected chi connectivity index (χ1v) is 13.8. The summed E-state index contributed by atoms with van der Waals surface area (Å²) in [4.78, 5) is 0. The molecule has 4 aromatic carbocycles. The van der Waals surface area contributed by atoms with Crippen molar-refractivity contribution in [2.75, 3.05) is 0 Å². The summed E-state index contributed by atoms with van der Waals surface area (Å²) in [5.41, 5.74) is 3.89. The predicted molar refractivity (Wildman–Crippen MR) is 157 cm³/mol. The fraction of sp³-hybridized carbons (Fsp3) is 0.303. The van der Waals surface area contributed by atoms with Crippen molar-refractivity contribution in [1.82, 2.24) is 9.78 Å². The van der Waals surface area contributed by atoms with Gasteiger partial charge in [0, 0.05) is 16.2 Å². The third kappa shape index (κ3) is 3.33.